The first-order valence-corrected chi connectivity index (χ1v) is 8.11. The van der Waals surface area contributed by atoms with E-state index in [1.807, 2.05) is 30.4 Å². The summed E-state index contributed by atoms with van der Waals surface area (Å²) < 4.78 is 5.33. The molecule has 0 unspecified atom stereocenters. The number of amides is 1. The molecule has 0 aromatic heterocycles. The second-order valence-electron chi connectivity index (χ2n) is 7.15. The lowest BCUT2D eigenvalue weighted by Crippen LogP contribution is -2.34. The predicted octanol–water partition coefficient (Wildman–Crippen LogP) is 3.60. The Balaban J connectivity index is 2.27. The highest BCUT2D eigenvalue weighted by Gasteiger charge is 2.34. The molecular weight excluding hydrogens is 306 g/mol. The Bertz CT molecular complexity index is 658. The molecule has 1 aliphatic carbocycles. The molecule has 2 rings (SSSR count). The van der Waals surface area contributed by atoms with Gasteiger partial charge in [-0.2, -0.15) is 0 Å². The van der Waals surface area contributed by atoms with E-state index in [1.54, 1.807) is 7.11 Å². The SMILES string of the molecule is COc1ccc(C(C)(C)C)cc1NC(=O)[C@H]1CC=CC[C@H]1C(=O)O. The highest BCUT2D eigenvalue weighted by atomic mass is 16.5. The zero-order chi connectivity index (χ0) is 17.9. The van der Waals surface area contributed by atoms with E-state index in [2.05, 4.69) is 26.1 Å². The van der Waals surface area contributed by atoms with Crippen molar-refractivity contribution in [3.05, 3.63) is 35.9 Å². The molecule has 0 saturated heterocycles. The molecule has 24 heavy (non-hydrogen) atoms. The Morgan fingerprint density at radius 1 is 1.17 bits per heavy atom. The minimum atomic E-state index is -0.935. The van der Waals surface area contributed by atoms with Crippen LogP contribution in [0.2, 0.25) is 0 Å². The molecule has 0 fully saturated rings. The Hall–Kier alpha value is -2.30. The fraction of sp³-hybridized carbons (Fsp3) is 0.474. The fourth-order valence-corrected chi connectivity index (χ4v) is 2.87. The van der Waals surface area contributed by atoms with Gasteiger partial charge in [0.2, 0.25) is 5.91 Å². The third kappa shape index (κ3) is 3.96. The van der Waals surface area contributed by atoms with E-state index in [1.165, 1.54) is 0 Å². The van der Waals surface area contributed by atoms with Gasteiger partial charge in [0.05, 0.1) is 24.6 Å². The molecule has 1 aromatic rings. The van der Waals surface area contributed by atoms with E-state index in [4.69, 9.17) is 4.74 Å². The first kappa shape index (κ1) is 18.0. The lowest BCUT2D eigenvalue weighted by atomic mass is 9.82. The number of rotatable bonds is 4. The molecule has 0 aliphatic heterocycles. The topological polar surface area (TPSA) is 75.6 Å². The molecular formula is C19H25NO4. The lowest BCUT2D eigenvalue weighted by Gasteiger charge is -2.25. The molecule has 0 heterocycles. The molecule has 0 saturated carbocycles. The number of methoxy groups -OCH3 is 1. The van der Waals surface area contributed by atoms with Gasteiger partial charge in [-0.05, 0) is 36.0 Å². The van der Waals surface area contributed by atoms with Crippen molar-refractivity contribution in [2.45, 2.75) is 39.0 Å². The number of carboxylic acids is 1. The summed E-state index contributed by atoms with van der Waals surface area (Å²) in [5, 5.41) is 12.2. The molecule has 0 spiro atoms. The second kappa shape index (κ2) is 7.07. The van der Waals surface area contributed by atoms with E-state index < -0.39 is 17.8 Å². The average Bonchev–Trinajstić information content (AvgIpc) is 2.53. The van der Waals surface area contributed by atoms with Gasteiger partial charge < -0.3 is 15.2 Å². The molecule has 5 heteroatoms. The minimum absolute atomic E-state index is 0.0665. The molecule has 5 nitrogen and oxygen atoms in total. The summed E-state index contributed by atoms with van der Waals surface area (Å²) in [6.45, 7) is 6.27. The second-order valence-corrected chi connectivity index (χ2v) is 7.15. The van der Waals surface area contributed by atoms with E-state index in [-0.39, 0.29) is 11.3 Å². The van der Waals surface area contributed by atoms with Gasteiger partial charge >= 0.3 is 5.97 Å². The van der Waals surface area contributed by atoms with E-state index in [9.17, 15) is 14.7 Å². The quantitative estimate of drug-likeness (QED) is 0.827. The maximum absolute atomic E-state index is 12.6. The van der Waals surface area contributed by atoms with Gasteiger partial charge in [0, 0.05) is 0 Å². The fourth-order valence-electron chi connectivity index (χ4n) is 2.87. The van der Waals surface area contributed by atoms with Crippen molar-refractivity contribution in [3.8, 4) is 5.75 Å². The van der Waals surface area contributed by atoms with Crippen LogP contribution in [-0.2, 0) is 15.0 Å². The van der Waals surface area contributed by atoms with Gasteiger partial charge in [0.15, 0.2) is 0 Å². The summed E-state index contributed by atoms with van der Waals surface area (Å²) in [6, 6.07) is 5.69. The van der Waals surface area contributed by atoms with Crippen LogP contribution in [-0.4, -0.2) is 24.1 Å². The lowest BCUT2D eigenvalue weighted by molar-refractivity contribution is -0.146. The van der Waals surface area contributed by atoms with Crippen LogP contribution in [0.5, 0.6) is 5.75 Å². The van der Waals surface area contributed by atoms with Crippen molar-refractivity contribution in [1.29, 1.82) is 0 Å². The van der Waals surface area contributed by atoms with Gasteiger partial charge in [-0.25, -0.2) is 0 Å². The minimum Gasteiger partial charge on any atom is -0.495 e. The van der Waals surface area contributed by atoms with Crippen LogP contribution in [0.15, 0.2) is 30.4 Å². The number of carboxylic acid groups (broad SMARTS) is 1. The first-order valence-electron chi connectivity index (χ1n) is 8.11. The number of aliphatic carboxylic acids is 1. The van der Waals surface area contributed by atoms with Crippen molar-refractivity contribution >= 4 is 17.6 Å². The first-order chi connectivity index (χ1) is 11.2. The summed E-state index contributed by atoms with van der Waals surface area (Å²) in [5.74, 6) is -1.91. The predicted molar refractivity (Wildman–Crippen MR) is 93.3 cm³/mol. The highest BCUT2D eigenvalue weighted by Crippen LogP contribution is 2.33. The van der Waals surface area contributed by atoms with Crippen molar-refractivity contribution in [2.24, 2.45) is 11.8 Å². The maximum atomic E-state index is 12.6. The van der Waals surface area contributed by atoms with E-state index in [0.717, 1.165) is 5.56 Å². The molecule has 1 aromatic carbocycles. The monoisotopic (exact) mass is 331 g/mol. The van der Waals surface area contributed by atoms with Crippen LogP contribution in [0.3, 0.4) is 0 Å². The number of anilines is 1. The van der Waals surface area contributed by atoms with E-state index >= 15 is 0 Å². The van der Waals surface area contributed by atoms with Crippen LogP contribution in [0.25, 0.3) is 0 Å². The molecule has 1 aliphatic rings. The third-order valence-corrected chi connectivity index (χ3v) is 4.41. The molecule has 0 radical (unpaired) electrons. The molecule has 1 amide bonds. The Labute approximate surface area is 142 Å². The van der Waals surface area contributed by atoms with Crippen molar-refractivity contribution < 1.29 is 19.4 Å². The Kier molecular flexibility index (Phi) is 5.32. The van der Waals surface area contributed by atoms with Crippen LogP contribution < -0.4 is 10.1 Å². The smallest absolute Gasteiger partial charge is 0.307 e. The number of carbonyl (C=O) groups is 2. The van der Waals surface area contributed by atoms with Crippen LogP contribution >= 0.6 is 0 Å². The molecule has 0 bridgehead atoms. The number of ether oxygens (including phenoxy) is 1. The highest BCUT2D eigenvalue weighted by molar-refractivity contribution is 5.96. The summed E-state index contributed by atoms with van der Waals surface area (Å²) in [5.41, 5.74) is 1.58. The normalized spacial score (nSPS) is 20.5. The van der Waals surface area contributed by atoms with Gasteiger partial charge in [-0.1, -0.05) is 39.0 Å². The number of carbonyl (C=O) groups excluding carboxylic acids is 1. The summed E-state index contributed by atoms with van der Waals surface area (Å²) in [4.78, 5) is 24.0. The summed E-state index contributed by atoms with van der Waals surface area (Å²) >= 11 is 0. The number of nitrogens with one attached hydrogen (secondary N) is 1. The number of hydrogen-bond acceptors (Lipinski definition) is 3. The van der Waals surface area contributed by atoms with Crippen LogP contribution in [0.4, 0.5) is 5.69 Å². The molecule has 2 N–H and O–H groups in total. The van der Waals surface area contributed by atoms with Gasteiger partial charge in [-0.15, -0.1) is 0 Å². The Morgan fingerprint density at radius 2 is 1.79 bits per heavy atom. The Morgan fingerprint density at radius 3 is 2.33 bits per heavy atom. The van der Waals surface area contributed by atoms with Crippen molar-refractivity contribution in [1.82, 2.24) is 0 Å². The zero-order valence-corrected chi connectivity index (χ0v) is 14.6. The van der Waals surface area contributed by atoms with Crippen LogP contribution in [0.1, 0.15) is 39.2 Å². The van der Waals surface area contributed by atoms with Gasteiger partial charge in [-0.3, -0.25) is 9.59 Å². The summed E-state index contributed by atoms with van der Waals surface area (Å²) in [7, 11) is 1.55. The van der Waals surface area contributed by atoms with Crippen LogP contribution in [0, 0.1) is 11.8 Å². The van der Waals surface area contributed by atoms with Gasteiger partial charge in [0.1, 0.15) is 5.75 Å². The van der Waals surface area contributed by atoms with Crippen molar-refractivity contribution in [3.63, 3.8) is 0 Å². The number of allylic oxidation sites excluding steroid dienone is 2. The molecule has 130 valence electrons. The summed E-state index contributed by atoms with van der Waals surface area (Å²) in [6.07, 6.45) is 4.51. The number of benzene rings is 1. The molecule has 2 atom stereocenters. The zero-order valence-electron chi connectivity index (χ0n) is 14.6. The van der Waals surface area contributed by atoms with E-state index in [0.29, 0.717) is 24.3 Å². The average molecular weight is 331 g/mol. The van der Waals surface area contributed by atoms with Crippen molar-refractivity contribution in [2.75, 3.05) is 12.4 Å². The third-order valence-electron chi connectivity index (χ3n) is 4.41. The largest absolute Gasteiger partial charge is 0.495 e. The number of hydrogen-bond donors (Lipinski definition) is 2. The standard InChI is InChI=1S/C19H25NO4/c1-19(2,3)12-9-10-16(24-4)15(11-12)20-17(21)13-7-5-6-8-14(13)18(22)23/h5-6,9-11,13-14H,7-8H2,1-4H3,(H,20,21)(H,22,23)/t13-,14+/m0/s1. The van der Waals surface area contributed by atoms with Gasteiger partial charge in [0.25, 0.3) is 0 Å². The maximum Gasteiger partial charge on any atom is 0.307 e.